The topological polar surface area (TPSA) is 6.48 Å². The first kappa shape index (κ1) is 14.3. The maximum atomic E-state index is 2.57. The van der Waals surface area contributed by atoms with Gasteiger partial charge >= 0.3 is 0 Å². The molecule has 21 heavy (non-hydrogen) atoms. The SMILES string of the molecule is Cc1cccc(CN2CCN(Cc3ccccc3)CC2)c1. The highest BCUT2D eigenvalue weighted by molar-refractivity contribution is 5.22. The number of hydrogen-bond donors (Lipinski definition) is 0. The van der Waals surface area contributed by atoms with E-state index < -0.39 is 0 Å². The molecule has 0 radical (unpaired) electrons. The maximum absolute atomic E-state index is 2.57. The first-order chi connectivity index (χ1) is 10.3. The molecule has 0 spiro atoms. The molecule has 1 saturated heterocycles. The molecule has 3 rings (SSSR count). The fraction of sp³-hybridized carbons (Fsp3) is 0.368. The summed E-state index contributed by atoms with van der Waals surface area (Å²) in [5, 5.41) is 0. The van der Waals surface area contributed by atoms with Crippen LogP contribution in [0.2, 0.25) is 0 Å². The van der Waals surface area contributed by atoms with Crippen LogP contribution in [-0.4, -0.2) is 36.0 Å². The molecule has 2 heteroatoms. The summed E-state index contributed by atoms with van der Waals surface area (Å²) < 4.78 is 0. The number of hydrogen-bond acceptors (Lipinski definition) is 2. The van der Waals surface area contributed by atoms with Gasteiger partial charge < -0.3 is 0 Å². The van der Waals surface area contributed by atoms with Gasteiger partial charge in [-0.2, -0.15) is 0 Å². The van der Waals surface area contributed by atoms with Crippen molar-refractivity contribution in [2.45, 2.75) is 20.0 Å². The van der Waals surface area contributed by atoms with Crippen LogP contribution < -0.4 is 0 Å². The van der Waals surface area contributed by atoms with Crippen LogP contribution in [0.3, 0.4) is 0 Å². The van der Waals surface area contributed by atoms with E-state index >= 15 is 0 Å². The smallest absolute Gasteiger partial charge is 0.0234 e. The number of piperazine rings is 1. The van der Waals surface area contributed by atoms with E-state index in [1.54, 1.807) is 0 Å². The molecule has 0 bridgehead atoms. The van der Waals surface area contributed by atoms with E-state index in [-0.39, 0.29) is 0 Å². The molecule has 0 N–H and O–H groups in total. The molecule has 1 aliphatic rings. The number of nitrogens with zero attached hydrogens (tertiary/aromatic N) is 2. The van der Waals surface area contributed by atoms with Gasteiger partial charge in [0, 0.05) is 39.3 Å². The van der Waals surface area contributed by atoms with Gasteiger partial charge in [0.15, 0.2) is 0 Å². The Morgan fingerprint density at radius 2 is 1.29 bits per heavy atom. The summed E-state index contributed by atoms with van der Waals surface area (Å²) in [7, 11) is 0. The summed E-state index contributed by atoms with van der Waals surface area (Å²) in [6.07, 6.45) is 0. The molecule has 2 aromatic carbocycles. The Morgan fingerprint density at radius 3 is 1.90 bits per heavy atom. The Balaban J connectivity index is 1.49. The molecular weight excluding hydrogens is 256 g/mol. The molecule has 0 atom stereocenters. The Hall–Kier alpha value is -1.64. The lowest BCUT2D eigenvalue weighted by atomic mass is 10.1. The van der Waals surface area contributed by atoms with Crippen LogP contribution in [0.15, 0.2) is 54.6 Å². The van der Waals surface area contributed by atoms with E-state index in [0.29, 0.717) is 0 Å². The van der Waals surface area contributed by atoms with Gasteiger partial charge in [0.1, 0.15) is 0 Å². The minimum Gasteiger partial charge on any atom is -0.297 e. The van der Waals surface area contributed by atoms with Crippen molar-refractivity contribution in [3.63, 3.8) is 0 Å². The van der Waals surface area contributed by atoms with Crippen molar-refractivity contribution >= 4 is 0 Å². The van der Waals surface area contributed by atoms with Gasteiger partial charge in [-0.15, -0.1) is 0 Å². The van der Waals surface area contributed by atoms with E-state index in [4.69, 9.17) is 0 Å². The predicted molar refractivity (Wildman–Crippen MR) is 88.2 cm³/mol. The highest BCUT2D eigenvalue weighted by Crippen LogP contribution is 2.12. The Labute approximate surface area is 128 Å². The zero-order valence-electron chi connectivity index (χ0n) is 12.8. The lowest BCUT2D eigenvalue weighted by Crippen LogP contribution is -2.45. The Morgan fingerprint density at radius 1 is 0.714 bits per heavy atom. The summed E-state index contributed by atoms with van der Waals surface area (Å²) >= 11 is 0. The van der Waals surface area contributed by atoms with Crippen molar-refractivity contribution in [3.05, 3.63) is 71.3 Å². The van der Waals surface area contributed by atoms with Crippen LogP contribution in [0.4, 0.5) is 0 Å². The molecule has 2 nitrogen and oxygen atoms in total. The average Bonchev–Trinajstić information content (AvgIpc) is 2.50. The number of benzene rings is 2. The standard InChI is InChI=1S/C19H24N2/c1-17-6-5-9-19(14-17)16-21-12-10-20(11-13-21)15-18-7-3-2-4-8-18/h2-9,14H,10-13,15-16H2,1H3. The van der Waals surface area contributed by atoms with Crippen LogP contribution in [-0.2, 0) is 13.1 Å². The lowest BCUT2D eigenvalue weighted by molar-refractivity contribution is 0.122. The van der Waals surface area contributed by atoms with E-state index in [9.17, 15) is 0 Å². The fourth-order valence-corrected chi connectivity index (χ4v) is 3.02. The molecule has 0 amide bonds. The van der Waals surface area contributed by atoms with Crippen LogP contribution in [0.25, 0.3) is 0 Å². The molecular formula is C19H24N2. The molecule has 0 saturated carbocycles. The molecule has 110 valence electrons. The first-order valence-corrected chi connectivity index (χ1v) is 7.84. The van der Waals surface area contributed by atoms with Gasteiger partial charge in [-0.05, 0) is 18.1 Å². The third-order valence-corrected chi connectivity index (χ3v) is 4.20. The van der Waals surface area contributed by atoms with Gasteiger partial charge in [0.25, 0.3) is 0 Å². The summed E-state index contributed by atoms with van der Waals surface area (Å²) in [6, 6.07) is 19.7. The highest BCUT2D eigenvalue weighted by Gasteiger charge is 2.16. The molecule has 0 unspecified atom stereocenters. The van der Waals surface area contributed by atoms with Gasteiger partial charge in [-0.25, -0.2) is 0 Å². The van der Waals surface area contributed by atoms with E-state index in [0.717, 1.165) is 13.1 Å². The molecule has 1 heterocycles. The third-order valence-electron chi connectivity index (χ3n) is 4.20. The molecule has 2 aromatic rings. The van der Waals surface area contributed by atoms with Crippen LogP contribution in [0, 0.1) is 6.92 Å². The molecule has 0 aromatic heterocycles. The van der Waals surface area contributed by atoms with Gasteiger partial charge in [0.2, 0.25) is 0 Å². The third kappa shape index (κ3) is 4.16. The van der Waals surface area contributed by atoms with E-state index in [1.807, 2.05) is 0 Å². The average molecular weight is 280 g/mol. The fourth-order valence-electron chi connectivity index (χ4n) is 3.02. The normalized spacial score (nSPS) is 17.0. The monoisotopic (exact) mass is 280 g/mol. The zero-order chi connectivity index (χ0) is 14.5. The highest BCUT2D eigenvalue weighted by atomic mass is 15.3. The minimum atomic E-state index is 1.08. The van der Waals surface area contributed by atoms with Gasteiger partial charge in [0.05, 0.1) is 0 Å². The van der Waals surface area contributed by atoms with Crippen molar-refractivity contribution < 1.29 is 0 Å². The Bertz CT molecular complexity index is 557. The molecule has 0 aliphatic carbocycles. The van der Waals surface area contributed by atoms with E-state index in [2.05, 4.69) is 71.3 Å². The van der Waals surface area contributed by atoms with Crippen molar-refractivity contribution in [1.82, 2.24) is 9.80 Å². The van der Waals surface area contributed by atoms with Gasteiger partial charge in [-0.3, -0.25) is 9.80 Å². The summed E-state index contributed by atoms with van der Waals surface area (Å²) in [5.41, 5.74) is 4.21. The second kappa shape index (κ2) is 6.88. The maximum Gasteiger partial charge on any atom is 0.0234 e. The number of rotatable bonds is 4. The van der Waals surface area contributed by atoms with E-state index in [1.165, 1.54) is 42.9 Å². The molecule has 1 fully saturated rings. The first-order valence-electron chi connectivity index (χ1n) is 7.84. The number of aryl methyl sites for hydroxylation is 1. The molecule has 1 aliphatic heterocycles. The van der Waals surface area contributed by atoms with Crippen LogP contribution >= 0.6 is 0 Å². The van der Waals surface area contributed by atoms with Crippen molar-refractivity contribution in [3.8, 4) is 0 Å². The van der Waals surface area contributed by atoms with Crippen molar-refractivity contribution in [2.75, 3.05) is 26.2 Å². The largest absolute Gasteiger partial charge is 0.297 e. The van der Waals surface area contributed by atoms with Crippen LogP contribution in [0.5, 0.6) is 0 Å². The van der Waals surface area contributed by atoms with Crippen molar-refractivity contribution in [2.24, 2.45) is 0 Å². The second-order valence-electron chi connectivity index (χ2n) is 6.03. The summed E-state index contributed by atoms with van der Waals surface area (Å²) in [5.74, 6) is 0. The lowest BCUT2D eigenvalue weighted by Gasteiger charge is -2.34. The van der Waals surface area contributed by atoms with Crippen molar-refractivity contribution in [1.29, 1.82) is 0 Å². The van der Waals surface area contributed by atoms with Crippen LogP contribution in [0.1, 0.15) is 16.7 Å². The second-order valence-corrected chi connectivity index (χ2v) is 6.03. The Kier molecular flexibility index (Phi) is 4.69. The summed E-state index contributed by atoms with van der Waals surface area (Å²) in [4.78, 5) is 5.12. The summed E-state index contributed by atoms with van der Waals surface area (Å²) in [6.45, 7) is 9.00. The van der Waals surface area contributed by atoms with Gasteiger partial charge in [-0.1, -0.05) is 60.2 Å². The zero-order valence-corrected chi connectivity index (χ0v) is 12.8. The minimum absolute atomic E-state index is 1.08. The predicted octanol–water partition coefficient (Wildman–Crippen LogP) is 3.31. The quantitative estimate of drug-likeness (QED) is 0.848.